The van der Waals surface area contributed by atoms with E-state index >= 15 is 0 Å². The van der Waals surface area contributed by atoms with Gasteiger partial charge in [-0.3, -0.25) is 4.79 Å². The van der Waals surface area contributed by atoms with Crippen molar-refractivity contribution >= 4 is 21.6 Å². The van der Waals surface area contributed by atoms with Gasteiger partial charge < -0.3 is 9.80 Å². The third-order valence-electron chi connectivity index (χ3n) is 5.02. The quantitative estimate of drug-likeness (QED) is 0.763. The zero-order valence-corrected chi connectivity index (χ0v) is 15.7. The molecule has 2 aliphatic rings. The Morgan fingerprint density at radius 2 is 1.80 bits per heavy atom. The van der Waals surface area contributed by atoms with Crippen LogP contribution in [-0.4, -0.2) is 68.6 Å². The van der Waals surface area contributed by atoms with E-state index in [1.807, 2.05) is 30.0 Å². The fraction of sp³-hybridized carbons (Fsp3) is 0.611. The largest absolute Gasteiger partial charge is 0.312 e. The van der Waals surface area contributed by atoms with E-state index in [4.69, 9.17) is 0 Å². The van der Waals surface area contributed by atoms with Gasteiger partial charge >= 0.3 is 0 Å². The maximum Gasteiger partial charge on any atom is 0.228 e. The van der Waals surface area contributed by atoms with Crippen molar-refractivity contribution in [3.63, 3.8) is 0 Å². The Morgan fingerprint density at radius 1 is 1.08 bits per heavy atom. The van der Waals surface area contributed by atoms with Crippen LogP contribution in [0.4, 0.5) is 5.69 Å². The third kappa shape index (κ3) is 4.22. The molecule has 0 atom stereocenters. The number of anilines is 1. The lowest BCUT2D eigenvalue weighted by atomic mass is 10.2. The molecule has 1 fully saturated rings. The molecule has 0 spiro atoms. The summed E-state index contributed by atoms with van der Waals surface area (Å²) in [4.78, 5) is 16.6. The SMILES string of the molecule is CCCS(=O)(=O)N1CCN(CCC(=O)N2CCc3ccccc32)CC1. The van der Waals surface area contributed by atoms with Crippen molar-refractivity contribution in [1.82, 2.24) is 9.21 Å². The average Bonchev–Trinajstić information content (AvgIpc) is 3.04. The topological polar surface area (TPSA) is 60.9 Å². The summed E-state index contributed by atoms with van der Waals surface area (Å²) in [5.41, 5.74) is 2.29. The Balaban J connectivity index is 1.47. The van der Waals surface area contributed by atoms with Crippen molar-refractivity contribution in [3.05, 3.63) is 29.8 Å². The van der Waals surface area contributed by atoms with Crippen LogP contribution in [0.3, 0.4) is 0 Å². The van der Waals surface area contributed by atoms with E-state index in [0.717, 1.165) is 18.7 Å². The van der Waals surface area contributed by atoms with Gasteiger partial charge in [0, 0.05) is 51.4 Å². The smallest absolute Gasteiger partial charge is 0.228 e. The highest BCUT2D eigenvalue weighted by atomic mass is 32.2. The maximum atomic E-state index is 12.6. The van der Waals surface area contributed by atoms with Gasteiger partial charge in [0.05, 0.1) is 5.75 Å². The van der Waals surface area contributed by atoms with Crippen molar-refractivity contribution in [2.45, 2.75) is 26.2 Å². The third-order valence-corrected chi connectivity index (χ3v) is 7.09. The normalized spacial score (nSPS) is 19.2. The minimum Gasteiger partial charge on any atom is -0.312 e. The van der Waals surface area contributed by atoms with Crippen LogP contribution in [0.1, 0.15) is 25.3 Å². The van der Waals surface area contributed by atoms with Gasteiger partial charge in [-0.25, -0.2) is 8.42 Å². The molecule has 0 unspecified atom stereocenters. The predicted molar refractivity (Wildman–Crippen MR) is 99.2 cm³/mol. The lowest BCUT2D eigenvalue weighted by molar-refractivity contribution is -0.118. The van der Waals surface area contributed by atoms with Gasteiger partial charge in [0.1, 0.15) is 0 Å². The van der Waals surface area contributed by atoms with E-state index in [0.29, 0.717) is 45.6 Å². The molecule has 0 radical (unpaired) electrons. The molecular formula is C18H27N3O3S. The molecule has 3 rings (SSSR count). The van der Waals surface area contributed by atoms with E-state index < -0.39 is 10.0 Å². The van der Waals surface area contributed by atoms with Crippen LogP contribution in [0, 0.1) is 0 Å². The van der Waals surface area contributed by atoms with Gasteiger partial charge in [0.2, 0.25) is 15.9 Å². The molecule has 6 nitrogen and oxygen atoms in total. The first-order valence-electron chi connectivity index (χ1n) is 9.09. The zero-order valence-electron chi connectivity index (χ0n) is 14.9. The molecule has 1 saturated heterocycles. The van der Waals surface area contributed by atoms with E-state index in [1.165, 1.54) is 5.56 Å². The number of rotatable bonds is 6. The van der Waals surface area contributed by atoms with Crippen molar-refractivity contribution in [2.24, 2.45) is 0 Å². The Bertz CT molecular complexity index is 712. The van der Waals surface area contributed by atoms with Crippen molar-refractivity contribution in [2.75, 3.05) is 49.9 Å². The molecule has 1 amide bonds. The summed E-state index contributed by atoms with van der Waals surface area (Å²) in [6.45, 7) is 5.81. The van der Waals surface area contributed by atoms with Crippen molar-refractivity contribution in [3.8, 4) is 0 Å². The summed E-state index contributed by atoms with van der Waals surface area (Å²) in [6.07, 6.45) is 2.06. The van der Waals surface area contributed by atoms with Crippen LogP contribution in [-0.2, 0) is 21.2 Å². The van der Waals surface area contributed by atoms with Gasteiger partial charge in [-0.2, -0.15) is 4.31 Å². The molecule has 2 aliphatic heterocycles. The van der Waals surface area contributed by atoms with Crippen LogP contribution in [0.2, 0.25) is 0 Å². The van der Waals surface area contributed by atoms with Crippen molar-refractivity contribution in [1.29, 1.82) is 0 Å². The second-order valence-electron chi connectivity index (χ2n) is 6.73. The first-order valence-corrected chi connectivity index (χ1v) is 10.7. The van der Waals surface area contributed by atoms with Gasteiger partial charge in [-0.1, -0.05) is 25.1 Å². The number of nitrogens with zero attached hydrogens (tertiary/aromatic N) is 3. The molecule has 1 aromatic rings. The number of piperazine rings is 1. The summed E-state index contributed by atoms with van der Waals surface area (Å²) >= 11 is 0. The van der Waals surface area contributed by atoms with Crippen LogP contribution >= 0.6 is 0 Å². The molecule has 0 bridgehead atoms. The minimum absolute atomic E-state index is 0.158. The first kappa shape index (κ1) is 18.4. The van der Waals surface area contributed by atoms with Gasteiger partial charge in [-0.15, -0.1) is 0 Å². The molecule has 0 aliphatic carbocycles. The van der Waals surface area contributed by atoms with Gasteiger partial charge in [-0.05, 0) is 24.5 Å². The monoisotopic (exact) mass is 365 g/mol. The highest BCUT2D eigenvalue weighted by Gasteiger charge is 2.28. The van der Waals surface area contributed by atoms with Gasteiger partial charge in [0.15, 0.2) is 0 Å². The van der Waals surface area contributed by atoms with E-state index in [-0.39, 0.29) is 11.7 Å². The number of sulfonamides is 1. The Kier molecular flexibility index (Phi) is 5.76. The molecule has 0 aromatic heterocycles. The molecule has 0 N–H and O–H groups in total. The standard InChI is InChI=1S/C18H27N3O3S/c1-2-15-25(23,24)20-13-11-19(12-14-20)9-8-18(22)21-10-7-16-5-3-4-6-17(16)21/h3-6H,2,7-15H2,1H3. The Labute approximate surface area is 150 Å². The summed E-state index contributed by atoms with van der Waals surface area (Å²) < 4.78 is 25.8. The summed E-state index contributed by atoms with van der Waals surface area (Å²) in [5, 5.41) is 0. The predicted octanol–water partition coefficient (Wildman–Crippen LogP) is 1.32. The highest BCUT2D eigenvalue weighted by Crippen LogP contribution is 2.27. The van der Waals surface area contributed by atoms with Crippen LogP contribution in [0.15, 0.2) is 24.3 Å². The van der Waals surface area contributed by atoms with Gasteiger partial charge in [0.25, 0.3) is 0 Å². The molecule has 25 heavy (non-hydrogen) atoms. The van der Waals surface area contributed by atoms with E-state index in [9.17, 15) is 13.2 Å². The van der Waals surface area contributed by atoms with Crippen LogP contribution < -0.4 is 4.90 Å². The second kappa shape index (κ2) is 7.85. The number of carbonyl (C=O) groups is 1. The molecule has 2 heterocycles. The number of hydrogen-bond donors (Lipinski definition) is 0. The Morgan fingerprint density at radius 3 is 2.52 bits per heavy atom. The van der Waals surface area contributed by atoms with Crippen molar-refractivity contribution < 1.29 is 13.2 Å². The number of para-hydroxylation sites is 1. The first-order chi connectivity index (χ1) is 12.0. The molecule has 138 valence electrons. The summed E-state index contributed by atoms with van der Waals surface area (Å²) in [6, 6.07) is 8.08. The number of benzene rings is 1. The maximum absolute atomic E-state index is 12.6. The second-order valence-corrected chi connectivity index (χ2v) is 8.82. The molecule has 1 aromatic carbocycles. The Hall–Kier alpha value is -1.44. The lowest BCUT2D eigenvalue weighted by Crippen LogP contribution is -2.49. The van der Waals surface area contributed by atoms with E-state index in [2.05, 4.69) is 11.0 Å². The fourth-order valence-corrected chi connectivity index (χ4v) is 5.10. The average molecular weight is 365 g/mol. The molecular weight excluding hydrogens is 338 g/mol. The number of hydrogen-bond acceptors (Lipinski definition) is 4. The summed E-state index contributed by atoms with van der Waals surface area (Å²) in [5.74, 6) is 0.380. The number of amides is 1. The number of carbonyl (C=O) groups excluding carboxylic acids is 1. The molecule has 7 heteroatoms. The molecule has 0 saturated carbocycles. The number of fused-ring (bicyclic) bond motifs is 1. The summed E-state index contributed by atoms with van der Waals surface area (Å²) in [7, 11) is -3.10. The zero-order chi connectivity index (χ0) is 17.9. The lowest BCUT2D eigenvalue weighted by Gasteiger charge is -2.34. The highest BCUT2D eigenvalue weighted by molar-refractivity contribution is 7.89. The van der Waals surface area contributed by atoms with Crippen LogP contribution in [0.5, 0.6) is 0 Å². The van der Waals surface area contributed by atoms with E-state index in [1.54, 1.807) is 4.31 Å². The van der Waals surface area contributed by atoms with Crippen LogP contribution in [0.25, 0.3) is 0 Å². The fourth-order valence-electron chi connectivity index (χ4n) is 3.60. The minimum atomic E-state index is -3.10.